The first kappa shape index (κ1) is 12.6. The van der Waals surface area contributed by atoms with Crippen LogP contribution >= 0.6 is 28.4 Å². The van der Waals surface area contributed by atoms with Crippen molar-refractivity contribution in [1.29, 1.82) is 0 Å². The van der Waals surface area contributed by atoms with Crippen molar-refractivity contribution in [3.63, 3.8) is 0 Å². The molecule has 1 saturated carbocycles. The van der Waals surface area contributed by atoms with Crippen molar-refractivity contribution in [2.45, 2.75) is 31.6 Å². The Bertz CT molecular complexity index is 532. The maximum absolute atomic E-state index is 4.36. The summed E-state index contributed by atoms with van der Waals surface area (Å²) in [5, 5.41) is 4.36. The Morgan fingerprint density at radius 3 is 2.78 bits per heavy atom. The molecular weight excluding hydrogens is 354 g/mol. The molecule has 1 aliphatic rings. The molecule has 1 heterocycles. The Morgan fingerprint density at radius 2 is 2.06 bits per heavy atom. The maximum Gasteiger partial charge on any atom is 0.0677 e. The van der Waals surface area contributed by atoms with Crippen LogP contribution in [0.25, 0.3) is 11.1 Å². The van der Waals surface area contributed by atoms with Crippen LogP contribution in [0.4, 0.5) is 0 Å². The first-order valence-electron chi connectivity index (χ1n) is 6.38. The van der Waals surface area contributed by atoms with E-state index in [4.69, 9.17) is 0 Å². The molecule has 0 spiro atoms. The first-order chi connectivity index (χ1) is 8.86. The molecule has 2 aromatic rings. The second-order valence-electron chi connectivity index (χ2n) is 4.86. The molecule has 1 atom stereocenters. The van der Waals surface area contributed by atoms with E-state index in [9.17, 15) is 0 Å². The van der Waals surface area contributed by atoms with Crippen LogP contribution in [-0.2, 0) is 0 Å². The number of rotatable bonds is 3. The average molecular weight is 370 g/mol. The molecule has 1 aliphatic carbocycles. The summed E-state index contributed by atoms with van der Waals surface area (Å²) in [5.74, 6) is 0.784. The van der Waals surface area contributed by atoms with Gasteiger partial charge in [0.2, 0.25) is 0 Å². The maximum atomic E-state index is 4.36. The summed E-state index contributed by atoms with van der Waals surface area (Å²) in [6.07, 6.45) is 10.3. The first-order valence-corrected chi connectivity index (χ1v) is 10.4. The lowest BCUT2D eigenvalue weighted by Gasteiger charge is -2.10. The zero-order chi connectivity index (χ0) is 12.4. The lowest BCUT2D eigenvalue weighted by Crippen LogP contribution is -1.91. The molecule has 1 aromatic carbocycles. The van der Waals surface area contributed by atoms with Gasteiger partial charge >= 0.3 is 0 Å². The van der Waals surface area contributed by atoms with Gasteiger partial charge in [0.15, 0.2) is 0 Å². The van der Waals surface area contributed by atoms with Crippen LogP contribution in [-0.4, -0.2) is 9.55 Å². The van der Waals surface area contributed by atoms with E-state index >= 15 is 0 Å². The van der Waals surface area contributed by atoms with Gasteiger partial charge in [0.05, 0.1) is 12.6 Å². The van der Waals surface area contributed by atoms with Crippen molar-refractivity contribution in [2.75, 3.05) is 0 Å². The van der Waals surface area contributed by atoms with E-state index in [1.165, 1.54) is 42.4 Å². The highest BCUT2D eigenvalue weighted by molar-refractivity contribution is 14.2. The Balaban J connectivity index is 1.90. The molecule has 18 heavy (non-hydrogen) atoms. The zero-order valence-electron chi connectivity index (χ0n) is 10.1. The molecule has 94 valence electrons. The number of halogens is 1. The second-order valence-corrected chi connectivity index (χ2v) is 6.94. The average Bonchev–Trinajstić information content (AvgIpc) is 3.10. The van der Waals surface area contributed by atoms with Gasteiger partial charge in [-0.1, -0.05) is 37.1 Å². The van der Waals surface area contributed by atoms with E-state index in [1.54, 1.807) is 0 Å². The van der Waals surface area contributed by atoms with Gasteiger partial charge in [-0.05, 0) is 51.9 Å². The molecule has 3 rings (SSSR count). The summed E-state index contributed by atoms with van der Waals surface area (Å²) in [4.78, 5) is 0. The minimum absolute atomic E-state index is 0.674. The van der Waals surface area contributed by atoms with E-state index in [2.05, 4.69) is 57.6 Å². The van der Waals surface area contributed by atoms with Crippen LogP contribution in [0.2, 0.25) is 0 Å². The molecule has 0 bridgehead atoms. The smallest absolute Gasteiger partial charge is 0.0677 e. The summed E-state index contributed by atoms with van der Waals surface area (Å²) < 4.78 is 2.00. The van der Waals surface area contributed by atoms with Gasteiger partial charge < -0.3 is 0 Å². The van der Waals surface area contributed by atoms with Crippen LogP contribution in [0.3, 0.4) is 0 Å². The van der Waals surface area contributed by atoms with Gasteiger partial charge in [-0.3, -0.25) is 0 Å². The monoisotopic (exact) mass is 370 g/mol. The summed E-state index contributed by atoms with van der Waals surface area (Å²) in [7, 11) is 0. The van der Waals surface area contributed by atoms with Crippen LogP contribution in [0, 0.1) is 0 Å². The molecule has 1 fully saturated rings. The van der Waals surface area contributed by atoms with Gasteiger partial charge in [0.1, 0.15) is 0 Å². The Hall–Kier alpha value is -0.410. The normalized spacial score (nSPS) is 16.9. The minimum atomic E-state index is 0.674. The highest BCUT2D eigenvalue weighted by Crippen LogP contribution is 2.35. The molecule has 0 aliphatic heterocycles. The number of hydrogen-bond donors (Lipinski definition) is 0. The van der Waals surface area contributed by atoms with Crippen molar-refractivity contribution >= 4 is 28.4 Å². The molecule has 0 N–H and O–H groups in total. The predicted molar refractivity (Wildman–Crippen MR) is 86.6 cm³/mol. The van der Waals surface area contributed by atoms with E-state index < -0.39 is 0 Å². The van der Waals surface area contributed by atoms with Crippen LogP contribution in [0.5, 0.6) is 0 Å². The van der Waals surface area contributed by atoms with Crippen molar-refractivity contribution < 1.29 is 0 Å². The van der Waals surface area contributed by atoms with Gasteiger partial charge in [0.25, 0.3) is 0 Å². The second kappa shape index (κ2) is 5.70. The standard InChI is InChI=1S/C14H16IN2P/c15-18-17-10-14(9-16-17)13-7-3-6-12(8-13)11-4-1-2-5-11/h3,6-11,18H,1-2,4-5H2. The lowest BCUT2D eigenvalue weighted by atomic mass is 9.95. The summed E-state index contributed by atoms with van der Waals surface area (Å²) >= 11 is 2.35. The topological polar surface area (TPSA) is 17.8 Å². The summed E-state index contributed by atoms with van der Waals surface area (Å²) in [6, 6.07) is 9.01. The molecule has 0 saturated heterocycles. The minimum Gasteiger partial charge on any atom is -0.245 e. The van der Waals surface area contributed by atoms with Gasteiger partial charge in [0, 0.05) is 11.8 Å². The van der Waals surface area contributed by atoms with Gasteiger partial charge in [-0.15, -0.1) is 0 Å². The molecule has 1 unspecified atom stereocenters. The predicted octanol–water partition coefficient (Wildman–Crippen LogP) is 5.00. The fourth-order valence-electron chi connectivity index (χ4n) is 2.75. The third-order valence-corrected chi connectivity index (χ3v) is 5.62. The highest BCUT2D eigenvalue weighted by Gasteiger charge is 2.17. The van der Waals surface area contributed by atoms with Gasteiger partial charge in [-0.25, -0.2) is 4.45 Å². The van der Waals surface area contributed by atoms with Crippen LogP contribution in [0.1, 0.15) is 37.2 Å². The zero-order valence-corrected chi connectivity index (χ0v) is 13.3. The van der Waals surface area contributed by atoms with E-state index in [1.807, 2.05) is 10.6 Å². The summed E-state index contributed by atoms with van der Waals surface area (Å²) in [5.41, 5.74) is 4.05. The molecule has 2 nitrogen and oxygen atoms in total. The van der Waals surface area contributed by atoms with Crippen molar-refractivity contribution in [2.24, 2.45) is 0 Å². The molecule has 1 aromatic heterocycles. The van der Waals surface area contributed by atoms with Crippen molar-refractivity contribution in [1.82, 2.24) is 9.55 Å². The SMILES string of the molecule is IPn1cc(-c2cccc(C3CCCC3)c2)cn1. The third kappa shape index (κ3) is 2.62. The Kier molecular flexibility index (Phi) is 4.00. The van der Waals surface area contributed by atoms with Crippen LogP contribution in [0.15, 0.2) is 36.7 Å². The fourth-order valence-corrected chi connectivity index (χ4v) is 3.83. The van der Waals surface area contributed by atoms with Gasteiger partial charge in [-0.2, -0.15) is 5.10 Å². The Labute approximate surface area is 122 Å². The molecule has 0 radical (unpaired) electrons. The number of aromatic nitrogens is 2. The van der Waals surface area contributed by atoms with Crippen LogP contribution < -0.4 is 0 Å². The van der Waals surface area contributed by atoms with Crippen molar-refractivity contribution in [3.05, 3.63) is 42.2 Å². The highest BCUT2D eigenvalue weighted by atomic mass is 127. The molecule has 4 heteroatoms. The number of hydrogen-bond acceptors (Lipinski definition) is 1. The van der Waals surface area contributed by atoms with E-state index in [-0.39, 0.29) is 0 Å². The number of benzene rings is 1. The summed E-state index contributed by atoms with van der Waals surface area (Å²) in [6.45, 7) is 0. The molecular formula is C14H16IN2P. The fraction of sp³-hybridized carbons (Fsp3) is 0.357. The third-order valence-electron chi connectivity index (χ3n) is 3.72. The Morgan fingerprint density at radius 1 is 1.22 bits per heavy atom. The van der Waals surface area contributed by atoms with E-state index in [0.717, 1.165) is 5.92 Å². The molecule has 0 amide bonds. The largest absolute Gasteiger partial charge is 0.245 e. The lowest BCUT2D eigenvalue weighted by molar-refractivity contribution is 0.723. The number of nitrogens with zero attached hydrogens (tertiary/aromatic N) is 2. The quantitative estimate of drug-likeness (QED) is 0.549. The van der Waals surface area contributed by atoms with E-state index in [0.29, 0.717) is 6.37 Å². The van der Waals surface area contributed by atoms with Crippen molar-refractivity contribution in [3.8, 4) is 11.1 Å².